The van der Waals surface area contributed by atoms with Crippen LogP contribution in [0.5, 0.6) is 0 Å². The zero-order chi connectivity index (χ0) is 14.6. The molecule has 2 aliphatic rings. The number of rotatable bonds is 5. The minimum Gasteiger partial charge on any atom is -0.315 e. The number of piperazine rings is 1. The maximum absolute atomic E-state index is 3.77. The lowest BCUT2D eigenvalue weighted by Gasteiger charge is -2.43. The summed E-state index contributed by atoms with van der Waals surface area (Å²) in [6.45, 7) is 14.4. The maximum atomic E-state index is 3.77. The molecular formula is C17H35N3. The van der Waals surface area contributed by atoms with Gasteiger partial charge in [0.1, 0.15) is 0 Å². The first-order valence-electron chi connectivity index (χ1n) is 8.61. The van der Waals surface area contributed by atoms with Gasteiger partial charge >= 0.3 is 0 Å². The van der Waals surface area contributed by atoms with E-state index in [9.17, 15) is 0 Å². The first-order chi connectivity index (χ1) is 9.47. The van der Waals surface area contributed by atoms with Crippen molar-refractivity contribution in [3.8, 4) is 0 Å². The minimum absolute atomic E-state index is 0.293. The molecule has 0 aromatic carbocycles. The van der Waals surface area contributed by atoms with Crippen molar-refractivity contribution in [1.82, 2.24) is 15.1 Å². The van der Waals surface area contributed by atoms with Gasteiger partial charge in [0.2, 0.25) is 0 Å². The largest absolute Gasteiger partial charge is 0.315 e. The van der Waals surface area contributed by atoms with E-state index in [1.54, 1.807) is 0 Å². The van der Waals surface area contributed by atoms with E-state index >= 15 is 0 Å². The molecule has 118 valence electrons. The second-order valence-electron chi connectivity index (χ2n) is 7.87. The standard InChI is InChI=1S/C17H35N3/c1-15-6-5-7-16(12-15)13-18-14-17(2,3)20-10-8-19(4)9-11-20/h15-16,18H,5-14H2,1-4H3. The second-order valence-corrected chi connectivity index (χ2v) is 7.87. The molecular weight excluding hydrogens is 246 g/mol. The zero-order valence-electron chi connectivity index (χ0n) is 14.1. The zero-order valence-corrected chi connectivity index (χ0v) is 14.1. The molecule has 2 rings (SSSR count). The number of hydrogen-bond donors (Lipinski definition) is 1. The first-order valence-corrected chi connectivity index (χ1v) is 8.61. The molecule has 2 atom stereocenters. The highest BCUT2D eigenvalue weighted by Crippen LogP contribution is 2.28. The average molecular weight is 281 g/mol. The van der Waals surface area contributed by atoms with E-state index in [4.69, 9.17) is 0 Å². The van der Waals surface area contributed by atoms with E-state index < -0.39 is 0 Å². The lowest BCUT2D eigenvalue weighted by atomic mass is 9.82. The fraction of sp³-hybridized carbons (Fsp3) is 1.00. The summed E-state index contributed by atoms with van der Waals surface area (Å²) >= 11 is 0. The molecule has 20 heavy (non-hydrogen) atoms. The van der Waals surface area contributed by atoms with Gasteiger partial charge in [-0.25, -0.2) is 0 Å². The maximum Gasteiger partial charge on any atom is 0.0278 e. The third-order valence-corrected chi connectivity index (χ3v) is 5.39. The quantitative estimate of drug-likeness (QED) is 0.835. The van der Waals surface area contributed by atoms with Crippen LogP contribution in [-0.2, 0) is 0 Å². The lowest BCUT2D eigenvalue weighted by Crippen LogP contribution is -2.57. The van der Waals surface area contributed by atoms with Crippen molar-refractivity contribution in [3.05, 3.63) is 0 Å². The summed E-state index contributed by atoms with van der Waals surface area (Å²) in [5.74, 6) is 1.86. The van der Waals surface area contributed by atoms with E-state index in [0.717, 1.165) is 18.4 Å². The lowest BCUT2D eigenvalue weighted by molar-refractivity contribution is 0.0609. The fourth-order valence-corrected chi connectivity index (χ4v) is 3.85. The number of nitrogens with one attached hydrogen (secondary N) is 1. The second kappa shape index (κ2) is 7.24. The van der Waals surface area contributed by atoms with Crippen LogP contribution in [0.15, 0.2) is 0 Å². The predicted octanol–water partition coefficient (Wildman–Crippen LogP) is 2.43. The van der Waals surface area contributed by atoms with Crippen molar-refractivity contribution in [2.75, 3.05) is 46.3 Å². The number of hydrogen-bond acceptors (Lipinski definition) is 3. The molecule has 2 unspecified atom stereocenters. The van der Waals surface area contributed by atoms with Crippen molar-refractivity contribution < 1.29 is 0 Å². The Morgan fingerprint density at radius 1 is 1.10 bits per heavy atom. The van der Waals surface area contributed by atoms with Crippen LogP contribution in [0, 0.1) is 11.8 Å². The summed E-state index contributed by atoms with van der Waals surface area (Å²) < 4.78 is 0. The normalized spacial score (nSPS) is 30.6. The van der Waals surface area contributed by atoms with Gasteiger partial charge in [-0.2, -0.15) is 0 Å². The molecule has 0 bridgehead atoms. The highest BCUT2D eigenvalue weighted by Gasteiger charge is 2.29. The monoisotopic (exact) mass is 281 g/mol. The molecule has 1 heterocycles. The number of likely N-dealkylation sites (N-methyl/N-ethyl adjacent to an activating group) is 1. The molecule has 0 amide bonds. The predicted molar refractivity (Wildman–Crippen MR) is 87.1 cm³/mol. The Morgan fingerprint density at radius 3 is 2.45 bits per heavy atom. The van der Waals surface area contributed by atoms with Crippen LogP contribution in [-0.4, -0.2) is 61.7 Å². The van der Waals surface area contributed by atoms with Gasteiger partial charge in [0.15, 0.2) is 0 Å². The highest BCUT2D eigenvalue weighted by molar-refractivity contribution is 4.87. The van der Waals surface area contributed by atoms with Crippen LogP contribution in [0.2, 0.25) is 0 Å². The molecule has 1 saturated carbocycles. The molecule has 3 heteroatoms. The first kappa shape index (κ1) is 16.3. The summed E-state index contributed by atoms with van der Waals surface area (Å²) in [6.07, 6.45) is 5.76. The van der Waals surface area contributed by atoms with E-state index in [1.807, 2.05) is 0 Å². The van der Waals surface area contributed by atoms with Crippen LogP contribution < -0.4 is 5.32 Å². The Balaban J connectivity index is 1.69. The molecule has 0 aromatic heterocycles. The van der Waals surface area contributed by atoms with E-state index in [-0.39, 0.29) is 0 Å². The van der Waals surface area contributed by atoms with Crippen LogP contribution in [0.1, 0.15) is 46.5 Å². The summed E-state index contributed by atoms with van der Waals surface area (Å²) in [6, 6.07) is 0. The topological polar surface area (TPSA) is 18.5 Å². The van der Waals surface area contributed by atoms with Crippen LogP contribution >= 0.6 is 0 Å². The molecule has 1 N–H and O–H groups in total. The summed E-state index contributed by atoms with van der Waals surface area (Å²) in [7, 11) is 2.23. The third-order valence-electron chi connectivity index (χ3n) is 5.39. The van der Waals surface area contributed by atoms with E-state index in [1.165, 1.54) is 58.4 Å². The van der Waals surface area contributed by atoms with Gasteiger partial charge in [-0.1, -0.05) is 19.8 Å². The van der Waals surface area contributed by atoms with Crippen molar-refractivity contribution in [2.45, 2.75) is 52.0 Å². The van der Waals surface area contributed by atoms with Crippen molar-refractivity contribution >= 4 is 0 Å². The molecule has 1 aliphatic carbocycles. The van der Waals surface area contributed by atoms with Gasteiger partial charge in [0, 0.05) is 38.3 Å². The van der Waals surface area contributed by atoms with Crippen molar-refractivity contribution in [2.24, 2.45) is 11.8 Å². The number of nitrogens with zero attached hydrogens (tertiary/aromatic N) is 2. The Labute approximate surface area is 126 Å². The summed E-state index contributed by atoms with van der Waals surface area (Å²) in [5, 5.41) is 3.77. The fourth-order valence-electron chi connectivity index (χ4n) is 3.85. The van der Waals surface area contributed by atoms with Crippen molar-refractivity contribution in [3.63, 3.8) is 0 Å². The van der Waals surface area contributed by atoms with Crippen molar-refractivity contribution in [1.29, 1.82) is 0 Å². The van der Waals surface area contributed by atoms with Gasteiger partial charge in [-0.05, 0) is 52.1 Å². The Kier molecular flexibility index (Phi) is 5.88. The molecule has 0 aromatic rings. The van der Waals surface area contributed by atoms with Crippen LogP contribution in [0.4, 0.5) is 0 Å². The van der Waals surface area contributed by atoms with Gasteiger partial charge < -0.3 is 10.2 Å². The SMILES string of the molecule is CC1CCCC(CNCC(C)(C)N2CCN(C)CC2)C1. The molecule has 0 radical (unpaired) electrons. The Hall–Kier alpha value is -0.120. The van der Waals surface area contributed by atoms with Gasteiger partial charge in [-0.15, -0.1) is 0 Å². The Bertz CT molecular complexity index is 282. The minimum atomic E-state index is 0.293. The van der Waals surface area contributed by atoms with E-state index in [0.29, 0.717) is 5.54 Å². The third kappa shape index (κ3) is 4.71. The van der Waals surface area contributed by atoms with Gasteiger partial charge in [0.05, 0.1) is 0 Å². The summed E-state index contributed by atoms with van der Waals surface area (Å²) in [4.78, 5) is 5.09. The Morgan fingerprint density at radius 2 is 1.80 bits per heavy atom. The van der Waals surface area contributed by atoms with Gasteiger partial charge in [0.25, 0.3) is 0 Å². The molecule has 0 spiro atoms. The smallest absolute Gasteiger partial charge is 0.0278 e. The average Bonchev–Trinajstić information content (AvgIpc) is 2.39. The molecule has 3 nitrogen and oxygen atoms in total. The molecule has 1 saturated heterocycles. The highest BCUT2D eigenvalue weighted by atomic mass is 15.3. The van der Waals surface area contributed by atoms with Crippen LogP contribution in [0.25, 0.3) is 0 Å². The van der Waals surface area contributed by atoms with Gasteiger partial charge in [-0.3, -0.25) is 4.90 Å². The molecule has 1 aliphatic heterocycles. The summed E-state index contributed by atoms with van der Waals surface area (Å²) in [5.41, 5.74) is 0.293. The van der Waals surface area contributed by atoms with E-state index in [2.05, 4.69) is 42.9 Å². The van der Waals surface area contributed by atoms with Crippen LogP contribution in [0.3, 0.4) is 0 Å². The molecule has 2 fully saturated rings.